The summed E-state index contributed by atoms with van der Waals surface area (Å²) in [6.07, 6.45) is 7.87. The van der Waals surface area contributed by atoms with Crippen molar-refractivity contribution in [3.05, 3.63) is 21.7 Å². The fraction of sp³-hybridized carbons (Fsp3) is 0.731. The van der Waals surface area contributed by atoms with E-state index in [1.165, 1.54) is 0 Å². The van der Waals surface area contributed by atoms with Crippen molar-refractivity contribution in [2.24, 2.45) is 11.3 Å². The van der Waals surface area contributed by atoms with Crippen molar-refractivity contribution in [1.29, 1.82) is 0 Å². The maximum absolute atomic E-state index is 12.8. The van der Waals surface area contributed by atoms with Crippen molar-refractivity contribution in [1.82, 2.24) is 4.98 Å². The lowest BCUT2D eigenvalue weighted by molar-refractivity contribution is -0.148. The summed E-state index contributed by atoms with van der Waals surface area (Å²) in [7, 11) is 0. The summed E-state index contributed by atoms with van der Waals surface area (Å²) >= 11 is 1.61. The van der Waals surface area contributed by atoms with Gasteiger partial charge in [0.25, 0.3) is 0 Å². The number of hydrogen-bond acceptors (Lipinski definition) is 6. The topological polar surface area (TPSA) is 68.8 Å². The van der Waals surface area contributed by atoms with E-state index in [0.29, 0.717) is 25.2 Å². The Bertz CT molecular complexity index is 858. The zero-order valence-corrected chi connectivity index (χ0v) is 21.3. The number of rotatable bonds is 2. The minimum atomic E-state index is -0.507. The molecule has 0 radical (unpaired) electrons. The molecule has 2 aliphatic heterocycles. The molecule has 2 saturated heterocycles. The van der Waals surface area contributed by atoms with Crippen LogP contribution < -0.4 is 0 Å². The molecule has 0 aliphatic carbocycles. The first-order valence-electron chi connectivity index (χ1n) is 12.0. The van der Waals surface area contributed by atoms with Gasteiger partial charge in [-0.2, -0.15) is 0 Å². The summed E-state index contributed by atoms with van der Waals surface area (Å²) in [6.45, 7) is 12.3. The molecule has 0 saturated carbocycles. The van der Waals surface area contributed by atoms with Crippen LogP contribution in [0.25, 0.3) is 6.08 Å². The van der Waals surface area contributed by atoms with Crippen LogP contribution in [0.15, 0.2) is 11.0 Å². The molecule has 0 N–H and O–H groups in total. The van der Waals surface area contributed by atoms with Gasteiger partial charge in [-0.3, -0.25) is 9.59 Å². The van der Waals surface area contributed by atoms with Gasteiger partial charge in [-0.1, -0.05) is 33.6 Å². The zero-order valence-electron chi connectivity index (χ0n) is 20.5. The number of ether oxygens (including phenoxy) is 2. The molecular weight excluding hydrogens is 422 g/mol. The molecule has 4 unspecified atom stereocenters. The van der Waals surface area contributed by atoms with Gasteiger partial charge in [0, 0.05) is 30.1 Å². The largest absolute Gasteiger partial charge is 0.458 e. The average molecular weight is 462 g/mol. The van der Waals surface area contributed by atoms with Crippen molar-refractivity contribution < 1.29 is 19.1 Å². The number of aryl methyl sites for hydroxylation is 1. The summed E-state index contributed by atoms with van der Waals surface area (Å²) in [5.41, 5.74) is 1.23. The van der Waals surface area contributed by atoms with Crippen molar-refractivity contribution in [2.45, 2.75) is 111 Å². The minimum absolute atomic E-state index is 0.0991. The second-order valence-corrected chi connectivity index (χ2v) is 11.7. The number of ketones is 1. The maximum atomic E-state index is 12.8. The summed E-state index contributed by atoms with van der Waals surface area (Å²) in [4.78, 5) is 30.1. The van der Waals surface area contributed by atoms with Crippen LogP contribution in [0.4, 0.5) is 0 Å². The Hall–Kier alpha value is -1.53. The van der Waals surface area contributed by atoms with E-state index in [9.17, 15) is 9.59 Å². The molecule has 4 atom stereocenters. The van der Waals surface area contributed by atoms with E-state index in [0.717, 1.165) is 42.0 Å². The number of carbonyl (C=O) groups excluding carboxylic acids is 2. The van der Waals surface area contributed by atoms with E-state index in [2.05, 4.69) is 18.8 Å². The molecule has 2 fully saturated rings. The number of cyclic esters (lactones) is 1. The highest BCUT2D eigenvalue weighted by atomic mass is 32.1. The Morgan fingerprint density at radius 3 is 2.62 bits per heavy atom. The minimum Gasteiger partial charge on any atom is -0.458 e. The monoisotopic (exact) mass is 461 g/mol. The van der Waals surface area contributed by atoms with E-state index in [-0.39, 0.29) is 36.0 Å². The van der Waals surface area contributed by atoms with Crippen molar-refractivity contribution in [2.75, 3.05) is 0 Å². The van der Waals surface area contributed by atoms with Crippen LogP contribution >= 0.6 is 11.3 Å². The van der Waals surface area contributed by atoms with Crippen LogP contribution in [-0.2, 0) is 19.1 Å². The highest BCUT2D eigenvalue weighted by Gasteiger charge is 2.52. The average Bonchev–Trinajstić information content (AvgIpc) is 3.16. The second kappa shape index (κ2) is 10.2. The lowest BCUT2D eigenvalue weighted by atomic mass is 9.80. The summed E-state index contributed by atoms with van der Waals surface area (Å²) < 4.78 is 12.1. The number of fused-ring (bicyclic) bond motifs is 1. The van der Waals surface area contributed by atoms with Gasteiger partial charge in [0.15, 0.2) is 0 Å². The normalized spacial score (nSPS) is 32.8. The SMILES string of the molecule is CC(=Cc1csc(C)n1)C1CC2OC2(C)CCCC(C)CCC(=O)C(C)(C)CCC(=O)O1. The predicted octanol–water partition coefficient (Wildman–Crippen LogP) is 6.29. The van der Waals surface area contributed by atoms with Gasteiger partial charge in [0.2, 0.25) is 0 Å². The molecule has 178 valence electrons. The molecule has 0 amide bonds. The highest BCUT2D eigenvalue weighted by molar-refractivity contribution is 7.09. The van der Waals surface area contributed by atoms with Gasteiger partial charge < -0.3 is 9.47 Å². The quantitative estimate of drug-likeness (QED) is 0.382. The molecule has 1 aromatic heterocycles. The number of thiazole rings is 1. The number of carbonyl (C=O) groups is 2. The van der Waals surface area contributed by atoms with E-state index in [4.69, 9.17) is 9.47 Å². The van der Waals surface area contributed by atoms with E-state index < -0.39 is 5.41 Å². The Morgan fingerprint density at radius 2 is 1.94 bits per heavy atom. The predicted molar refractivity (Wildman–Crippen MR) is 129 cm³/mol. The van der Waals surface area contributed by atoms with E-state index in [1.807, 2.05) is 39.2 Å². The zero-order chi connectivity index (χ0) is 23.5. The molecule has 0 aromatic carbocycles. The first-order valence-corrected chi connectivity index (χ1v) is 12.9. The van der Waals surface area contributed by atoms with E-state index >= 15 is 0 Å². The summed E-state index contributed by atoms with van der Waals surface area (Å²) in [6, 6.07) is 0. The molecule has 3 rings (SSSR count). The lowest BCUT2D eigenvalue weighted by Gasteiger charge is -2.25. The second-order valence-electron chi connectivity index (χ2n) is 10.7. The third kappa shape index (κ3) is 6.74. The summed E-state index contributed by atoms with van der Waals surface area (Å²) in [5.74, 6) is 0.516. The van der Waals surface area contributed by atoms with Crippen LogP contribution in [0.2, 0.25) is 0 Å². The van der Waals surface area contributed by atoms with Gasteiger partial charge in [-0.15, -0.1) is 11.3 Å². The third-order valence-electron chi connectivity index (χ3n) is 7.20. The van der Waals surface area contributed by atoms with Crippen LogP contribution in [0.3, 0.4) is 0 Å². The number of nitrogens with zero attached hydrogens (tertiary/aromatic N) is 1. The van der Waals surface area contributed by atoms with E-state index in [1.54, 1.807) is 11.3 Å². The standard InChI is InChI=1S/C26H39NO4S/c1-17-8-7-12-26(6)23(31-26)15-21(18(2)14-20-16-32-19(3)27-20)30-24(29)11-13-25(4,5)22(28)10-9-17/h14,16-17,21,23H,7-13,15H2,1-6H3. The van der Waals surface area contributed by atoms with Crippen LogP contribution in [0, 0.1) is 18.3 Å². The van der Waals surface area contributed by atoms with Crippen molar-refractivity contribution in [3.8, 4) is 0 Å². The smallest absolute Gasteiger partial charge is 0.306 e. The number of esters is 1. The molecule has 2 aliphatic rings. The molecule has 0 bridgehead atoms. The first-order chi connectivity index (χ1) is 15.0. The van der Waals surface area contributed by atoms with Crippen LogP contribution in [0.1, 0.15) is 96.7 Å². The van der Waals surface area contributed by atoms with Gasteiger partial charge in [-0.05, 0) is 57.6 Å². The highest BCUT2D eigenvalue weighted by Crippen LogP contribution is 2.45. The van der Waals surface area contributed by atoms with Crippen LogP contribution in [0.5, 0.6) is 0 Å². The maximum Gasteiger partial charge on any atom is 0.306 e. The Labute approximate surface area is 197 Å². The fourth-order valence-electron chi connectivity index (χ4n) is 4.54. The van der Waals surface area contributed by atoms with Crippen molar-refractivity contribution in [3.63, 3.8) is 0 Å². The molecule has 1 aromatic rings. The van der Waals surface area contributed by atoms with Gasteiger partial charge in [0.1, 0.15) is 11.9 Å². The van der Waals surface area contributed by atoms with Crippen molar-refractivity contribution >= 4 is 29.2 Å². The number of aromatic nitrogens is 1. The third-order valence-corrected chi connectivity index (χ3v) is 7.99. The number of hydrogen-bond donors (Lipinski definition) is 0. The Morgan fingerprint density at radius 1 is 1.19 bits per heavy atom. The molecule has 5 nitrogen and oxygen atoms in total. The summed E-state index contributed by atoms with van der Waals surface area (Å²) in [5, 5.41) is 3.03. The first kappa shape index (κ1) is 25.1. The number of Topliss-reactive ketones (excluding diaryl/α,β-unsaturated/α-hetero) is 1. The van der Waals surface area contributed by atoms with Gasteiger partial charge in [0.05, 0.1) is 22.4 Å². The molecule has 0 spiro atoms. The molecular formula is C26H39NO4S. The molecule has 3 heterocycles. The van der Waals surface area contributed by atoms with Crippen LogP contribution in [-0.4, -0.2) is 34.5 Å². The lowest BCUT2D eigenvalue weighted by Crippen LogP contribution is -2.28. The fourth-order valence-corrected chi connectivity index (χ4v) is 5.11. The Balaban J connectivity index is 1.76. The molecule has 32 heavy (non-hydrogen) atoms. The number of epoxide rings is 1. The van der Waals surface area contributed by atoms with Gasteiger partial charge >= 0.3 is 5.97 Å². The molecule has 6 heteroatoms. The van der Waals surface area contributed by atoms with Gasteiger partial charge in [-0.25, -0.2) is 4.98 Å². The Kier molecular flexibility index (Phi) is 7.97.